The standard InChI is InChI=1S/C14H16Cl2N2O4/c1-2-22-12-10(15)5-9(6-11(12)16)17-14(21)18-4-3-8(7-18)13(19)20/h5-6,8H,2-4,7H2,1H3,(H,17,21)(H,19,20). The van der Waals surface area contributed by atoms with E-state index in [2.05, 4.69) is 5.32 Å². The van der Waals surface area contributed by atoms with Crippen molar-refractivity contribution in [2.24, 2.45) is 5.92 Å². The molecule has 2 amide bonds. The maximum absolute atomic E-state index is 12.1. The zero-order valence-corrected chi connectivity index (χ0v) is 13.4. The summed E-state index contributed by atoms with van der Waals surface area (Å²) in [6.07, 6.45) is 0.452. The van der Waals surface area contributed by atoms with Gasteiger partial charge in [-0.25, -0.2) is 4.79 Å². The van der Waals surface area contributed by atoms with E-state index >= 15 is 0 Å². The Morgan fingerprint density at radius 1 is 1.41 bits per heavy atom. The summed E-state index contributed by atoms with van der Waals surface area (Å²) in [7, 11) is 0. The van der Waals surface area contributed by atoms with E-state index in [1.54, 1.807) is 12.1 Å². The molecule has 2 N–H and O–H groups in total. The lowest BCUT2D eigenvalue weighted by Crippen LogP contribution is -2.33. The summed E-state index contributed by atoms with van der Waals surface area (Å²) < 4.78 is 5.32. The third kappa shape index (κ3) is 3.75. The molecule has 1 atom stereocenters. The molecule has 22 heavy (non-hydrogen) atoms. The van der Waals surface area contributed by atoms with E-state index in [0.717, 1.165) is 0 Å². The Labute approximate surface area is 137 Å². The van der Waals surface area contributed by atoms with Crippen LogP contribution in [-0.4, -0.2) is 41.7 Å². The predicted molar refractivity (Wildman–Crippen MR) is 84.0 cm³/mol. The smallest absolute Gasteiger partial charge is 0.321 e. The van der Waals surface area contributed by atoms with Crippen LogP contribution in [0.1, 0.15) is 13.3 Å². The van der Waals surface area contributed by atoms with E-state index in [9.17, 15) is 9.59 Å². The molecule has 0 aromatic heterocycles. The summed E-state index contributed by atoms with van der Waals surface area (Å²) in [5, 5.41) is 12.2. The van der Waals surface area contributed by atoms with Crippen molar-refractivity contribution in [3.05, 3.63) is 22.2 Å². The molecule has 0 radical (unpaired) electrons. The normalized spacial score (nSPS) is 17.4. The lowest BCUT2D eigenvalue weighted by atomic mass is 10.1. The van der Waals surface area contributed by atoms with E-state index < -0.39 is 11.9 Å². The van der Waals surface area contributed by atoms with Crippen LogP contribution in [0.25, 0.3) is 0 Å². The van der Waals surface area contributed by atoms with Gasteiger partial charge >= 0.3 is 12.0 Å². The van der Waals surface area contributed by atoms with Crippen LogP contribution in [0.3, 0.4) is 0 Å². The molecule has 0 spiro atoms. The predicted octanol–water partition coefficient (Wildman–Crippen LogP) is 3.33. The summed E-state index contributed by atoms with van der Waals surface area (Å²) >= 11 is 12.1. The molecule has 2 rings (SSSR count). The molecule has 0 bridgehead atoms. The van der Waals surface area contributed by atoms with Crippen molar-refractivity contribution in [1.29, 1.82) is 0 Å². The molecule has 1 heterocycles. The monoisotopic (exact) mass is 346 g/mol. The number of urea groups is 1. The Bertz CT molecular complexity index is 571. The van der Waals surface area contributed by atoms with Crippen LogP contribution in [0.15, 0.2) is 12.1 Å². The molecule has 8 heteroatoms. The van der Waals surface area contributed by atoms with Gasteiger partial charge in [-0.15, -0.1) is 0 Å². The molecule has 1 fully saturated rings. The minimum atomic E-state index is -0.887. The zero-order valence-electron chi connectivity index (χ0n) is 11.9. The fourth-order valence-corrected chi connectivity index (χ4v) is 2.86. The number of carboxylic acids is 1. The fraction of sp³-hybridized carbons (Fsp3) is 0.429. The van der Waals surface area contributed by atoms with Crippen molar-refractivity contribution in [2.75, 3.05) is 25.0 Å². The number of carboxylic acid groups (broad SMARTS) is 1. The van der Waals surface area contributed by atoms with Crippen LogP contribution in [0.4, 0.5) is 10.5 Å². The Morgan fingerprint density at radius 3 is 2.55 bits per heavy atom. The number of amides is 2. The van der Waals surface area contributed by atoms with Crippen LogP contribution in [-0.2, 0) is 4.79 Å². The first-order valence-electron chi connectivity index (χ1n) is 6.83. The van der Waals surface area contributed by atoms with Crippen molar-refractivity contribution in [1.82, 2.24) is 4.90 Å². The van der Waals surface area contributed by atoms with Crippen LogP contribution in [0, 0.1) is 5.92 Å². The highest BCUT2D eigenvalue weighted by atomic mass is 35.5. The number of aliphatic carboxylic acids is 1. The lowest BCUT2D eigenvalue weighted by Gasteiger charge is -2.17. The molecule has 1 aliphatic heterocycles. The van der Waals surface area contributed by atoms with Gasteiger partial charge in [0.1, 0.15) is 0 Å². The Hall–Kier alpha value is -1.66. The average Bonchev–Trinajstić information content (AvgIpc) is 2.93. The Kier molecular flexibility index (Phi) is 5.37. The maximum Gasteiger partial charge on any atom is 0.321 e. The number of halogens is 2. The van der Waals surface area contributed by atoms with Crippen LogP contribution in [0.5, 0.6) is 5.75 Å². The molecule has 1 aromatic carbocycles. The molecule has 0 aliphatic carbocycles. The second kappa shape index (κ2) is 7.07. The fourth-order valence-electron chi connectivity index (χ4n) is 2.26. The summed E-state index contributed by atoms with van der Waals surface area (Å²) in [4.78, 5) is 24.5. The van der Waals surface area contributed by atoms with Crippen molar-refractivity contribution >= 4 is 40.9 Å². The first-order chi connectivity index (χ1) is 10.4. The van der Waals surface area contributed by atoms with Crippen molar-refractivity contribution in [2.45, 2.75) is 13.3 Å². The Morgan fingerprint density at radius 2 is 2.05 bits per heavy atom. The topological polar surface area (TPSA) is 78.9 Å². The minimum Gasteiger partial charge on any atom is -0.491 e. The van der Waals surface area contributed by atoms with Gasteiger partial charge in [-0.2, -0.15) is 0 Å². The van der Waals surface area contributed by atoms with Gasteiger partial charge in [-0.05, 0) is 25.5 Å². The number of carbonyl (C=O) groups is 2. The summed E-state index contributed by atoms with van der Waals surface area (Å²) in [5.41, 5.74) is 0.433. The summed E-state index contributed by atoms with van der Waals surface area (Å²) in [5.74, 6) is -1.03. The van der Waals surface area contributed by atoms with Gasteiger partial charge in [0, 0.05) is 18.8 Å². The largest absolute Gasteiger partial charge is 0.491 e. The van der Waals surface area contributed by atoms with Crippen LogP contribution >= 0.6 is 23.2 Å². The van der Waals surface area contributed by atoms with Gasteiger partial charge < -0.3 is 20.1 Å². The van der Waals surface area contributed by atoms with E-state index in [1.165, 1.54) is 4.90 Å². The number of benzene rings is 1. The SMILES string of the molecule is CCOc1c(Cl)cc(NC(=O)N2CCC(C(=O)O)C2)cc1Cl. The number of rotatable bonds is 4. The molecule has 6 nitrogen and oxygen atoms in total. The van der Waals surface area contributed by atoms with E-state index in [-0.39, 0.29) is 12.6 Å². The third-order valence-electron chi connectivity index (χ3n) is 3.36. The van der Waals surface area contributed by atoms with Gasteiger partial charge in [0.05, 0.1) is 22.6 Å². The summed E-state index contributed by atoms with van der Waals surface area (Å²) in [6, 6.07) is 2.71. The molecule has 120 valence electrons. The number of likely N-dealkylation sites (tertiary alicyclic amines) is 1. The van der Waals surface area contributed by atoms with Crippen LogP contribution < -0.4 is 10.1 Å². The van der Waals surface area contributed by atoms with E-state index in [4.69, 9.17) is 33.0 Å². The molecule has 0 saturated carbocycles. The van der Waals surface area contributed by atoms with Gasteiger partial charge in [0.15, 0.2) is 5.75 Å². The summed E-state index contributed by atoms with van der Waals surface area (Å²) in [6.45, 7) is 2.84. The molecule has 1 aromatic rings. The van der Waals surface area contributed by atoms with E-state index in [1.807, 2.05) is 6.92 Å². The first kappa shape index (κ1) is 16.7. The Balaban J connectivity index is 2.05. The first-order valence-corrected chi connectivity index (χ1v) is 7.58. The molecule has 1 saturated heterocycles. The molecular weight excluding hydrogens is 331 g/mol. The van der Waals surface area contributed by atoms with Crippen LogP contribution in [0.2, 0.25) is 10.0 Å². The highest BCUT2D eigenvalue weighted by molar-refractivity contribution is 6.37. The second-order valence-corrected chi connectivity index (χ2v) is 5.72. The third-order valence-corrected chi connectivity index (χ3v) is 3.92. The zero-order chi connectivity index (χ0) is 16.3. The van der Waals surface area contributed by atoms with Gasteiger partial charge in [-0.3, -0.25) is 4.79 Å². The lowest BCUT2D eigenvalue weighted by molar-refractivity contribution is -0.141. The number of anilines is 1. The van der Waals surface area contributed by atoms with Gasteiger partial charge in [0.25, 0.3) is 0 Å². The quantitative estimate of drug-likeness (QED) is 0.876. The highest BCUT2D eigenvalue weighted by Crippen LogP contribution is 2.36. The minimum absolute atomic E-state index is 0.194. The highest BCUT2D eigenvalue weighted by Gasteiger charge is 2.30. The van der Waals surface area contributed by atoms with Crippen molar-refractivity contribution in [3.8, 4) is 5.75 Å². The maximum atomic E-state index is 12.1. The number of ether oxygens (including phenoxy) is 1. The number of nitrogens with one attached hydrogen (secondary N) is 1. The number of hydrogen-bond donors (Lipinski definition) is 2. The average molecular weight is 347 g/mol. The van der Waals surface area contributed by atoms with Gasteiger partial charge in [0.2, 0.25) is 0 Å². The molecular formula is C14H16Cl2N2O4. The molecule has 1 unspecified atom stereocenters. The van der Waals surface area contributed by atoms with E-state index in [0.29, 0.717) is 41.1 Å². The number of hydrogen-bond acceptors (Lipinski definition) is 3. The van der Waals surface area contributed by atoms with Crippen molar-refractivity contribution < 1.29 is 19.4 Å². The molecule has 1 aliphatic rings. The van der Waals surface area contributed by atoms with Crippen molar-refractivity contribution in [3.63, 3.8) is 0 Å². The second-order valence-electron chi connectivity index (χ2n) is 4.90. The number of nitrogens with zero attached hydrogens (tertiary/aromatic N) is 1. The number of carbonyl (C=O) groups excluding carboxylic acids is 1. The van der Waals surface area contributed by atoms with Gasteiger partial charge in [-0.1, -0.05) is 23.2 Å².